The highest BCUT2D eigenvalue weighted by molar-refractivity contribution is 5.74. The third kappa shape index (κ3) is 4.96. The SMILES string of the molecule is CC(NC(=O)NCCOCC1CC1)c1ccc2c(c1)CCCC2. The van der Waals surface area contributed by atoms with Gasteiger partial charge in [-0.05, 0) is 68.1 Å². The summed E-state index contributed by atoms with van der Waals surface area (Å²) < 4.78 is 5.52. The fraction of sp³-hybridized carbons (Fsp3) is 0.632. The van der Waals surface area contributed by atoms with Crippen molar-refractivity contribution in [2.24, 2.45) is 5.92 Å². The van der Waals surface area contributed by atoms with E-state index < -0.39 is 0 Å². The van der Waals surface area contributed by atoms with Gasteiger partial charge in [0.15, 0.2) is 0 Å². The van der Waals surface area contributed by atoms with Gasteiger partial charge in [0.1, 0.15) is 0 Å². The normalized spacial score (nSPS) is 18.1. The molecule has 2 aliphatic carbocycles. The summed E-state index contributed by atoms with van der Waals surface area (Å²) in [6.07, 6.45) is 7.53. The molecule has 1 aromatic carbocycles. The number of urea groups is 1. The second-order valence-electron chi connectivity index (χ2n) is 6.88. The summed E-state index contributed by atoms with van der Waals surface area (Å²) in [7, 11) is 0. The molecule has 2 N–H and O–H groups in total. The van der Waals surface area contributed by atoms with Crippen LogP contribution in [-0.4, -0.2) is 25.8 Å². The highest BCUT2D eigenvalue weighted by Gasteiger charge is 2.21. The molecule has 0 heterocycles. The first kappa shape index (κ1) is 16.3. The van der Waals surface area contributed by atoms with Crippen LogP contribution in [0.3, 0.4) is 0 Å². The molecule has 0 spiro atoms. The fourth-order valence-corrected chi connectivity index (χ4v) is 3.12. The summed E-state index contributed by atoms with van der Waals surface area (Å²) in [4.78, 5) is 11.9. The molecule has 0 radical (unpaired) electrons. The quantitative estimate of drug-likeness (QED) is 0.758. The van der Waals surface area contributed by atoms with Gasteiger partial charge in [-0.1, -0.05) is 18.2 Å². The monoisotopic (exact) mass is 316 g/mol. The molecule has 0 saturated heterocycles. The number of ether oxygens (including phenoxy) is 1. The summed E-state index contributed by atoms with van der Waals surface area (Å²) >= 11 is 0. The summed E-state index contributed by atoms with van der Waals surface area (Å²) in [6.45, 7) is 4.04. The number of nitrogens with one attached hydrogen (secondary N) is 2. The molecule has 126 valence electrons. The minimum atomic E-state index is -0.120. The van der Waals surface area contributed by atoms with Gasteiger partial charge in [0, 0.05) is 13.2 Å². The smallest absolute Gasteiger partial charge is 0.315 e. The molecular formula is C19H28N2O2. The van der Waals surface area contributed by atoms with Gasteiger partial charge in [0.2, 0.25) is 0 Å². The van der Waals surface area contributed by atoms with Gasteiger partial charge in [0.25, 0.3) is 0 Å². The van der Waals surface area contributed by atoms with E-state index in [0.717, 1.165) is 12.5 Å². The van der Waals surface area contributed by atoms with Crippen molar-refractivity contribution in [2.45, 2.75) is 51.5 Å². The minimum absolute atomic E-state index is 0.0228. The molecule has 4 heteroatoms. The lowest BCUT2D eigenvalue weighted by Gasteiger charge is -2.20. The van der Waals surface area contributed by atoms with Crippen molar-refractivity contribution >= 4 is 6.03 Å². The number of hydrogen-bond donors (Lipinski definition) is 2. The van der Waals surface area contributed by atoms with Crippen molar-refractivity contribution in [3.05, 3.63) is 34.9 Å². The molecule has 4 nitrogen and oxygen atoms in total. The molecule has 1 saturated carbocycles. The van der Waals surface area contributed by atoms with Crippen molar-refractivity contribution in [3.63, 3.8) is 0 Å². The summed E-state index contributed by atoms with van der Waals surface area (Å²) in [5.74, 6) is 0.771. The summed E-state index contributed by atoms with van der Waals surface area (Å²) in [5, 5.41) is 5.87. The zero-order chi connectivity index (χ0) is 16.1. The number of carbonyl (C=O) groups is 1. The number of amides is 2. The average Bonchev–Trinajstić information content (AvgIpc) is 3.38. The molecule has 2 aliphatic rings. The Bertz CT molecular complexity index is 540. The van der Waals surface area contributed by atoms with Crippen molar-refractivity contribution in [1.29, 1.82) is 0 Å². The molecular weight excluding hydrogens is 288 g/mol. The van der Waals surface area contributed by atoms with E-state index in [1.54, 1.807) is 0 Å². The average molecular weight is 316 g/mol. The van der Waals surface area contributed by atoms with E-state index in [2.05, 4.69) is 28.8 Å². The van der Waals surface area contributed by atoms with Crippen LogP contribution in [0.15, 0.2) is 18.2 Å². The summed E-state index contributed by atoms with van der Waals surface area (Å²) in [6, 6.07) is 6.54. The van der Waals surface area contributed by atoms with E-state index in [4.69, 9.17) is 4.74 Å². The highest BCUT2D eigenvalue weighted by Crippen LogP contribution is 2.28. The fourth-order valence-electron chi connectivity index (χ4n) is 3.12. The van der Waals surface area contributed by atoms with Crippen LogP contribution < -0.4 is 10.6 Å². The lowest BCUT2D eigenvalue weighted by molar-refractivity contribution is 0.127. The Balaban J connectivity index is 1.40. The van der Waals surface area contributed by atoms with Crippen molar-refractivity contribution in [1.82, 2.24) is 10.6 Å². The second kappa shape index (κ2) is 7.82. The maximum atomic E-state index is 11.9. The van der Waals surface area contributed by atoms with Crippen LogP contribution in [0.2, 0.25) is 0 Å². The van der Waals surface area contributed by atoms with E-state index in [9.17, 15) is 4.79 Å². The molecule has 2 amide bonds. The van der Waals surface area contributed by atoms with Crippen LogP contribution in [0.4, 0.5) is 4.79 Å². The molecule has 0 bridgehead atoms. The number of carbonyl (C=O) groups excluding carboxylic acids is 1. The molecule has 23 heavy (non-hydrogen) atoms. The van der Waals surface area contributed by atoms with E-state index in [0.29, 0.717) is 13.2 Å². The van der Waals surface area contributed by atoms with Crippen LogP contribution in [-0.2, 0) is 17.6 Å². The first-order valence-electron chi connectivity index (χ1n) is 8.96. The highest BCUT2D eigenvalue weighted by atomic mass is 16.5. The number of rotatable bonds is 7. The molecule has 0 aliphatic heterocycles. The first-order valence-corrected chi connectivity index (χ1v) is 8.96. The van der Waals surface area contributed by atoms with Gasteiger partial charge < -0.3 is 15.4 Å². The Labute approximate surface area is 139 Å². The molecule has 1 atom stereocenters. The van der Waals surface area contributed by atoms with Crippen molar-refractivity contribution in [2.75, 3.05) is 19.8 Å². The Hall–Kier alpha value is -1.55. The Morgan fingerprint density at radius 2 is 2.04 bits per heavy atom. The van der Waals surface area contributed by atoms with Crippen LogP contribution in [0.1, 0.15) is 55.3 Å². The lowest BCUT2D eigenvalue weighted by Crippen LogP contribution is -2.38. The van der Waals surface area contributed by atoms with Crippen LogP contribution in [0.25, 0.3) is 0 Å². The third-order valence-corrected chi connectivity index (χ3v) is 4.80. The van der Waals surface area contributed by atoms with Crippen molar-refractivity contribution < 1.29 is 9.53 Å². The van der Waals surface area contributed by atoms with Gasteiger partial charge in [-0.25, -0.2) is 4.79 Å². The number of aryl methyl sites for hydroxylation is 2. The first-order chi connectivity index (χ1) is 11.2. The van der Waals surface area contributed by atoms with Gasteiger partial charge in [-0.3, -0.25) is 0 Å². The predicted octanol–water partition coefficient (Wildman–Crippen LogP) is 3.35. The standard InChI is InChI=1S/C19H28N2O2/c1-14(17-9-8-16-4-2-3-5-18(16)12-17)21-19(22)20-10-11-23-13-15-6-7-15/h8-9,12,14-15H,2-7,10-11,13H2,1H3,(H2,20,21,22). The zero-order valence-corrected chi connectivity index (χ0v) is 14.1. The largest absolute Gasteiger partial charge is 0.379 e. The summed E-state index contributed by atoms with van der Waals surface area (Å²) in [5.41, 5.74) is 4.12. The molecule has 1 fully saturated rings. The molecule has 0 aromatic heterocycles. The van der Waals surface area contributed by atoms with Gasteiger partial charge in [-0.2, -0.15) is 0 Å². The number of fused-ring (bicyclic) bond motifs is 1. The predicted molar refractivity (Wildman–Crippen MR) is 91.6 cm³/mol. The van der Waals surface area contributed by atoms with Crippen molar-refractivity contribution in [3.8, 4) is 0 Å². The Kier molecular flexibility index (Phi) is 5.55. The topological polar surface area (TPSA) is 50.4 Å². The van der Waals surface area contributed by atoms with Crippen LogP contribution >= 0.6 is 0 Å². The lowest BCUT2D eigenvalue weighted by atomic mass is 9.89. The number of benzene rings is 1. The zero-order valence-electron chi connectivity index (χ0n) is 14.1. The third-order valence-electron chi connectivity index (χ3n) is 4.80. The van der Waals surface area contributed by atoms with Gasteiger partial charge >= 0.3 is 6.03 Å². The van der Waals surface area contributed by atoms with Gasteiger partial charge in [-0.15, -0.1) is 0 Å². The van der Waals surface area contributed by atoms with E-state index in [1.807, 2.05) is 6.92 Å². The van der Waals surface area contributed by atoms with Crippen LogP contribution in [0, 0.1) is 5.92 Å². The van der Waals surface area contributed by atoms with E-state index in [1.165, 1.54) is 55.2 Å². The van der Waals surface area contributed by atoms with Crippen LogP contribution in [0.5, 0.6) is 0 Å². The molecule has 1 unspecified atom stereocenters. The Morgan fingerprint density at radius 3 is 2.83 bits per heavy atom. The van der Waals surface area contributed by atoms with E-state index in [-0.39, 0.29) is 12.1 Å². The maximum absolute atomic E-state index is 11.9. The Morgan fingerprint density at radius 1 is 1.26 bits per heavy atom. The number of hydrogen-bond acceptors (Lipinski definition) is 2. The van der Waals surface area contributed by atoms with Gasteiger partial charge in [0.05, 0.1) is 12.6 Å². The molecule has 3 rings (SSSR count). The maximum Gasteiger partial charge on any atom is 0.315 e. The molecule has 1 aromatic rings. The second-order valence-corrected chi connectivity index (χ2v) is 6.88. The minimum Gasteiger partial charge on any atom is -0.379 e. The van der Waals surface area contributed by atoms with E-state index >= 15 is 0 Å².